The Morgan fingerprint density at radius 1 is 1.44 bits per heavy atom. The molecule has 96 valence electrons. The molecule has 0 saturated heterocycles. The third-order valence-corrected chi connectivity index (χ3v) is 3.72. The Kier molecular flexibility index (Phi) is 2.39. The van der Waals surface area contributed by atoms with Crippen molar-refractivity contribution >= 4 is 11.9 Å². The average Bonchev–Trinajstić information content (AvgIpc) is 3.01. The van der Waals surface area contributed by atoms with E-state index in [1.807, 2.05) is 0 Å². The zero-order chi connectivity index (χ0) is 12.8. The molecule has 3 rings (SSSR count). The molecule has 0 unspecified atom stereocenters. The maximum Gasteiger partial charge on any atom is 0.329 e. The van der Waals surface area contributed by atoms with Crippen LogP contribution in [0, 0.1) is 0 Å². The molecule has 0 radical (unpaired) electrons. The summed E-state index contributed by atoms with van der Waals surface area (Å²) < 4.78 is 4.97. The average molecular weight is 250 g/mol. The van der Waals surface area contributed by atoms with E-state index in [9.17, 15) is 9.59 Å². The summed E-state index contributed by atoms with van der Waals surface area (Å²) in [6.07, 6.45) is 3.91. The number of hydrogen-bond donors (Lipinski definition) is 2. The van der Waals surface area contributed by atoms with Crippen molar-refractivity contribution in [3.8, 4) is 0 Å². The molecule has 1 aromatic rings. The van der Waals surface area contributed by atoms with Crippen molar-refractivity contribution in [1.29, 1.82) is 0 Å². The van der Waals surface area contributed by atoms with E-state index in [0.29, 0.717) is 18.8 Å². The predicted octanol–water partition coefficient (Wildman–Crippen LogP) is 1.29. The van der Waals surface area contributed by atoms with Gasteiger partial charge in [0, 0.05) is 12.0 Å². The van der Waals surface area contributed by atoms with Crippen LogP contribution in [-0.4, -0.2) is 27.7 Å². The van der Waals surface area contributed by atoms with Gasteiger partial charge in [-0.15, -0.1) is 0 Å². The van der Waals surface area contributed by atoms with Crippen molar-refractivity contribution in [2.24, 2.45) is 0 Å². The molecule has 2 saturated carbocycles. The van der Waals surface area contributed by atoms with E-state index >= 15 is 0 Å². The van der Waals surface area contributed by atoms with Crippen LogP contribution in [0.2, 0.25) is 0 Å². The standard InChI is InChI=1S/C12H14N2O4/c15-10(13-12(11(16)17)4-1-5-12)9-6-8(14-18-9)7-2-3-7/h6-7H,1-5H2,(H,13,15)(H,16,17). The summed E-state index contributed by atoms with van der Waals surface area (Å²) in [6.45, 7) is 0. The van der Waals surface area contributed by atoms with E-state index < -0.39 is 17.4 Å². The van der Waals surface area contributed by atoms with Crippen molar-refractivity contribution in [2.75, 3.05) is 0 Å². The van der Waals surface area contributed by atoms with Gasteiger partial charge in [-0.2, -0.15) is 0 Å². The molecule has 1 amide bonds. The van der Waals surface area contributed by atoms with Crippen molar-refractivity contribution in [1.82, 2.24) is 10.5 Å². The van der Waals surface area contributed by atoms with E-state index in [4.69, 9.17) is 9.63 Å². The largest absolute Gasteiger partial charge is 0.480 e. The fourth-order valence-electron chi connectivity index (χ4n) is 2.17. The topological polar surface area (TPSA) is 92.4 Å². The van der Waals surface area contributed by atoms with Gasteiger partial charge in [-0.25, -0.2) is 4.79 Å². The first-order chi connectivity index (χ1) is 8.61. The van der Waals surface area contributed by atoms with Gasteiger partial charge in [-0.3, -0.25) is 4.79 Å². The normalized spacial score (nSPS) is 21.1. The second-order valence-electron chi connectivity index (χ2n) is 5.09. The lowest BCUT2D eigenvalue weighted by Gasteiger charge is -2.37. The fraction of sp³-hybridized carbons (Fsp3) is 0.583. The zero-order valence-electron chi connectivity index (χ0n) is 9.81. The van der Waals surface area contributed by atoms with Gasteiger partial charge in [0.25, 0.3) is 5.91 Å². The van der Waals surface area contributed by atoms with Gasteiger partial charge in [0.15, 0.2) is 0 Å². The SMILES string of the molecule is O=C(NC1(C(=O)O)CCC1)c1cc(C2CC2)no1. The van der Waals surface area contributed by atoms with Crippen LogP contribution in [0.3, 0.4) is 0 Å². The Morgan fingerprint density at radius 3 is 2.67 bits per heavy atom. The molecule has 1 heterocycles. The number of hydrogen-bond acceptors (Lipinski definition) is 4. The molecule has 18 heavy (non-hydrogen) atoms. The van der Waals surface area contributed by atoms with Gasteiger partial charge in [0.05, 0.1) is 5.69 Å². The number of carboxylic acids is 1. The van der Waals surface area contributed by atoms with Gasteiger partial charge in [0.2, 0.25) is 5.76 Å². The summed E-state index contributed by atoms with van der Waals surface area (Å²) in [5, 5.41) is 15.5. The molecule has 0 spiro atoms. The highest BCUT2D eigenvalue weighted by atomic mass is 16.5. The smallest absolute Gasteiger partial charge is 0.329 e. The summed E-state index contributed by atoms with van der Waals surface area (Å²) in [6, 6.07) is 1.61. The van der Waals surface area contributed by atoms with Gasteiger partial charge < -0.3 is 14.9 Å². The van der Waals surface area contributed by atoms with Crippen LogP contribution in [0.4, 0.5) is 0 Å². The van der Waals surface area contributed by atoms with Gasteiger partial charge in [0.1, 0.15) is 5.54 Å². The molecule has 2 aliphatic carbocycles. The molecule has 2 aliphatic rings. The Hall–Kier alpha value is -1.85. The number of amides is 1. The number of nitrogens with one attached hydrogen (secondary N) is 1. The second kappa shape index (κ2) is 3.83. The Morgan fingerprint density at radius 2 is 2.17 bits per heavy atom. The quantitative estimate of drug-likeness (QED) is 0.839. The zero-order valence-corrected chi connectivity index (χ0v) is 9.81. The molecule has 2 fully saturated rings. The number of aliphatic carboxylic acids is 1. The van der Waals surface area contributed by atoms with Crippen molar-refractivity contribution in [3.05, 3.63) is 17.5 Å². The number of carbonyl (C=O) groups is 2. The fourth-order valence-corrected chi connectivity index (χ4v) is 2.17. The van der Waals surface area contributed by atoms with E-state index in [-0.39, 0.29) is 5.76 Å². The first kappa shape index (κ1) is 11.3. The molecular formula is C12H14N2O4. The molecule has 0 aliphatic heterocycles. The summed E-state index contributed by atoms with van der Waals surface area (Å²) >= 11 is 0. The molecule has 0 atom stereocenters. The van der Waals surface area contributed by atoms with Gasteiger partial charge >= 0.3 is 5.97 Å². The third kappa shape index (κ3) is 1.77. The monoisotopic (exact) mass is 250 g/mol. The van der Waals surface area contributed by atoms with Crippen LogP contribution in [0.25, 0.3) is 0 Å². The molecule has 0 bridgehead atoms. The molecule has 6 nitrogen and oxygen atoms in total. The number of nitrogens with zero attached hydrogens (tertiary/aromatic N) is 1. The molecular weight excluding hydrogens is 236 g/mol. The summed E-state index contributed by atoms with van der Waals surface area (Å²) in [5.74, 6) is -0.961. The van der Waals surface area contributed by atoms with E-state index in [2.05, 4.69) is 10.5 Å². The highest BCUT2D eigenvalue weighted by Crippen LogP contribution is 2.39. The third-order valence-electron chi connectivity index (χ3n) is 3.72. The van der Waals surface area contributed by atoms with E-state index in [1.165, 1.54) is 0 Å². The minimum absolute atomic E-state index is 0.101. The predicted molar refractivity (Wildman–Crippen MR) is 60.2 cm³/mol. The lowest BCUT2D eigenvalue weighted by Crippen LogP contribution is -2.59. The van der Waals surface area contributed by atoms with Crippen LogP contribution < -0.4 is 5.32 Å². The second-order valence-corrected chi connectivity index (χ2v) is 5.09. The highest BCUT2D eigenvalue weighted by Gasteiger charge is 2.46. The van der Waals surface area contributed by atoms with E-state index in [1.54, 1.807) is 6.07 Å². The number of carboxylic acid groups (broad SMARTS) is 1. The minimum atomic E-state index is -1.11. The minimum Gasteiger partial charge on any atom is -0.480 e. The first-order valence-electron chi connectivity index (χ1n) is 6.13. The van der Waals surface area contributed by atoms with Crippen molar-refractivity contribution in [3.63, 3.8) is 0 Å². The lowest BCUT2D eigenvalue weighted by atomic mass is 9.76. The van der Waals surface area contributed by atoms with Gasteiger partial charge in [-0.05, 0) is 32.1 Å². The van der Waals surface area contributed by atoms with Crippen molar-refractivity contribution < 1.29 is 19.2 Å². The number of carbonyl (C=O) groups excluding carboxylic acids is 1. The molecule has 0 aromatic carbocycles. The highest BCUT2D eigenvalue weighted by molar-refractivity contribution is 5.96. The summed E-state index contributed by atoms with van der Waals surface area (Å²) in [7, 11) is 0. The molecule has 1 aromatic heterocycles. The first-order valence-corrected chi connectivity index (χ1v) is 6.13. The summed E-state index contributed by atoms with van der Waals surface area (Å²) in [5.41, 5.74) is -0.318. The van der Waals surface area contributed by atoms with Crippen molar-refractivity contribution in [2.45, 2.75) is 43.6 Å². The van der Waals surface area contributed by atoms with Crippen LogP contribution in [0.15, 0.2) is 10.6 Å². The molecule has 2 N–H and O–H groups in total. The number of rotatable bonds is 4. The molecule has 6 heteroatoms. The van der Waals surface area contributed by atoms with Crippen LogP contribution in [0.5, 0.6) is 0 Å². The Balaban J connectivity index is 1.71. The summed E-state index contributed by atoms with van der Waals surface area (Å²) in [4.78, 5) is 23.0. The Bertz CT molecular complexity index is 500. The maximum atomic E-state index is 11.9. The maximum absolute atomic E-state index is 11.9. The van der Waals surface area contributed by atoms with Crippen LogP contribution >= 0.6 is 0 Å². The lowest BCUT2D eigenvalue weighted by molar-refractivity contribution is -0.148. The number of aromatic nitrogens is 1. The van der Waals surface area contributed by atoms with Crippen LogP contribution in [-0.2, 0) is 4.79 Å². The van der Waals surface area contributed by atoms with Gasteiger partial charge in [-0.1, -0.05) is 5.16 Å². The Labute approximate surface area is 103 Å². The van der Waals surface area contributed by atoms with E-state index in [0.717, 1.165) is 25.0 Å². The van der Waals surface area contributed by atoms with Crippen LogP contribution in [0.1, 0.15) is 54.3 Å².